The van der Waals surface area contributed by atoms with Crippen LogP contribution in [0.2, 0.25) is 0 Å². The zero-order chi connectivity index (χ0) is 19.5. The summed E-state index contributed by atoms with van der Waals surface area (Å²) in [5.41, 5.74) is 3.38. The molecule has 3 heterocycles. The Morgan fingerprint density at radius 3 is 2.79 bits per heavy atom. The summed E-state index contributed by atoms with van der Waals surface area (Å²) in [5.74, 6) is 0.576. The van der Waals surface area contributed by atoms with Gasteiger partial charge in [-0.05, 0) is 42.5 Å². The van der Waals surface area contributed by atoms with Crippen LogP contribution in [-0.4, -0.2) is 51.7 Å². The third-order valence-corrected chi connectivity index (χ3v) is 5.32. The molecule has 0 aliphatic carbocycles. The molecule has 0 radical (unpaired) electrons. The van der Waals surface area contributed by atoms with E-state index in [2.05, 4.69) is 39.2 Å². The Morgan fingerprint density at radius 2 is 2.07 bits per heavy atom. The second-order valence-corrected chi connectivity index (χ2v) is 8.02. The third-order valence-electron chi connectivity index (χ3n) is 5.32. The van der Waals surface area contributed by atoms with Crippen molar-refractivity contribution in [2.75, 3.05) is 19.6 Å². The molecule has 0 unspecified atom stereocenters. The van der Waals surface area contributed by atoms with Crippen molar-refractivity contribution in [3.8, 4) is 11.1 Å². The van der Waals surface area contributed by atoms with Gasteiger partial charge in [-0.3, -0.25) is 14.9 Å². The van der Waals surface area contributed by atoms with Gasteiger partial charge in [0.2, 0.25) is 0 Å². The van der Waals surface area contributed by atoms with Crippen molar-refractivity contribution in [1.82, 2.24) is 25.4 Å². The molecule has 1 aliphatic rings. The smallest absolute Gasteiger partial charge is 0.272 e. The summed E-state index contributed by atoms with van der Waals surface area (Å²) < 4.78 is 0. The van der Waals surface area contributed by atoms with Gasteiger partial charge in [0, 0.05) is 49.0 Å². The van der Waals surface area contributed by atoms with E-state index in [0.717, 1.165) is 54.5 Å². The number of likely N-dealkylation sites (tertiary alicyclic amines) is 1. The van der Waals surface area contributed by atoms with Gasteiger partial charge < -0.3 is 10.2 Å². The molecule has 0 saturated carbocycles. The largest absolute Gasteiger partial charge is 0.348 e. The first-order valence-electron chi connectivity index (χ1n) is 10.0. The van der Waals surface area contributed by atoms with E-state index in [1.165, 1.54) is 0 Å². The number of fused-ring (bicyclic) bond motifs is 1. The minimum absolute atomic E-state index is 0.100. The molecular formula is C22H27N5O. The molecule has 146 valence electrons. The monoisotopic (exact) mass is 377 g/mol. The van der Waals surface area contributed by atoms with E-state index in [9.17, 15) is 4.79 Å². The molecule has 0 bridgehead atoms. The van der Waals surface area contributed by atoms with Gasteiger partial charge in [0.15, 0.2) is 5.69 Å². The first-order chi connectivity index (χ1) is 13.6. The minimum Gasteiger partial charge on any atom is -0.348 e. The van der Waals surface area contributed by atoms with E-state index >= 15 is 0 Å². The molecule has 2 N–H and O–H groups in total. The normalized spacial score (nSPS) is 16.0. The zero-order valence-corrected chi connectivity index (χ0v) is 16.5. The first-order valence-corrected chi connectivity index (χ1v) is 10.0. The summed E-state index contributed by atoms with van der Waals surface area (Å²) in [6.45, 7) is 7.69. The predicted molar refractivity (Wildman–Crippen MR) is 111 cm³/mol. The SMILES string of the molecule is CC(C)CN1CCC(NC(=O)c2n[nH]c3ccc(-c4cccnc4)cc23)CC1. The highest BCUT2D eigenvalue weighted by Crippen LogP contribution is 2.25. The fraction of sp³-hybridized carbons (Fsp3) is 0.409. The highest BCUT2D eigenvalue weighted by molar-refractivity contribution is 6.05. The number of nitrogens with zero attached hydrogens (tertiary/aromatic N) is 3. The van der Waals surface area contributed by atoms with E-state index in [-0.39, 0.29) is 11.9 Å². The number of nitrogens with one attached hydrogen (secondary N) is 2. The Kier molecular flexibility index (Phi) is 5.39. The number of rotatable bonds is 5. The summed E-state index contributed by atoms with van der Waals surface area (Å²) in [6, 6.07) is 10.1. The lowest BCUT2D eigenvalue weighted by atomic mass is 10.0. The molecule has 1 aliphatic heterocycles. The van der Waals surface area contributed by atoms with E-state index in [4.69, 9.17) is 0 Å². The molecule has 1 amide bonds. The van der Waals surface area contributed by atoms with Crippen LogP contribution in [0.5, 0.6) is 0 Å². The molecule has 0 atom stereocenters. The molecule has 1 saturated heterocycles. The van der Waals surface area contributed by atoms with Gasteiger partial charge in [-0.2, -0.15) is 5.10 Å². The van der Waals surface area contributed by atoms with Crippen molar-refractivity contribution >= 4 is 16.8 Å². The van der Waals surface area contributed by atoms with Gasteiger partial charge in [0.05, 0.1) is 5.52 Å². The number of pyridine rings is 1. The van der Waals surface area contributed by atoms with E-state index in [1.807, 2.05) is 36.5 Å². The van der Waals surface area contributed by atoms with Crippen LogP contribution in [0.25, 0.3) is 22.0 Å². The van der Waals surface area contributed by atoms with Crippen LogP contribution in [0.3, 0.4) is 0 Å². The Morgan fingerprint density at radius 1 is 1.25 bits per heavy atom. The molecule has 1 aromatic carbocycles. The summed E-state index contributed by atoms with van der Waals surface area (Å²) in [7, 11) is 0. The number of hydrogen-bond acceptors (Lipinski definition) is 4. The van der Waals surface area contributed by atoms with E-state index in [1.54, 1.807) is 6.20 Å². The van der Waals surface area contributed by atoms with Crippen LogP contribution in [0.4, 0.5) is 0 Å². The quantitative estimate of drug-likeness (QED) is 0.714. The standard InChI is InChI=1S/C22H27N5O/c1-15(2)14-27-10-7-18(8-11-27)24-22(28)21-19-12-16(5-6-20(19)25-26-21)17-4-3-9-23-13-17/h3-6,9,12-13,15,18H,7-8,10-11,14H2,1-2H3,(H,24,28)(H,25,26). The molecule has 1 fully saturated rings. The molecule has 6 heteroatoms. The lowest BCUT2D eigenvalue weighted by molar-refractivity contribution is 0.0904. The fourth-order valence-electron chi connectivity index (χ4n) is 3.93. The van der Waals surface area contributed by atoms with E-state index in [0.29, 0.717) is 11.6 Å². The van der Waals surface area contributed by atoms with Crippen molar-refractivity contribution in [2.45, 2.75) is 32.7 Å². The van der Waals surface area contributed by atoms with E-state index < -0.39 is 0 Å². The van der Waals surface area contributed by atoms with Crippen LogP contribution in [-0.2, 0) is 0 Å². The highest BCUT2D eigenvalue weighted by atomic mass is 16.2. The molecule has 2 aromatic heterocycles. The average Bonchev–Trinajstić information content (AvgIpc) is 3.13. The van der Waals surface area contributed by atoms with Crippen LogP contribution < -0.4 is 5.32 Å². The minimum atomic E-state index is -0.100. The Labute approximate surface area is 165 Å². The molecule has 3 aromatic rings. The lowest BCUT2D eigenvalue weighted by Gasteiger charge is -2.33. The third kappa shape index (κ3) is 4.07. The number of aromatic amines is 1. The van der Waals surface area contributed by atoms with Gasteiger partial charge >= 0.3 is 0 Å². The van der Waals surface area contributed by atoms with Crippen molar-refractivity contribution in [3.63, 3.8) is 0 Å². The summed E-state index contributed by atoms with van der Waals surface area (Å²) in [5, 5.41) is 11.3. The number of hydrogen-bond donors (Lipinski definition) is 2. The van der Waals surface area contributed by atoms with Crippen molar-refractivity contribution in [3.05, 3.63) is 48.4 Å². The second-order valence-electron chi connectivity index (χ2n) is 8.02. The summed E-state index contributed by atoms with van der Waals surface area (Å²) in [4.78, 5) is 19.5. The van der Waals surface area contributed by atoms with Gasteiger partial charge in [0.25, 0.3) is 5.91 Å². The molecule has 4 rings (SSSR count). The maximum atomic E-state index is 12.9. The Bertz CT molecular complexity index is 942. The van der Waals surface area contributed by atoms with Crippen LogP contribution in [0.15, 0.2) is 42.7 Å². The molecule has 6 nitrogen and oxygen atoms in total. The number of aromatic nitrogens is 3. The van der Waals surface area contributed by atoms with Gasteiger partial charge in [0.1, 0.15) is 0 Å². The lowest BCUT2D eigenvalue weighted by Crippen LogP contribution is -2.45. The van der Waals surface area contributed by atoms with Gasteiger partial charge in [-0.25, -0.2) is 0 Å². The Hall–Kier alpha value is -2.73. The van der Waals surface area contributed by atoms with Crippen LogP contribution >= 0.6 is 0 Å². The van der Waals surface area contributed by atoms with Gasteiger partial charge in [-0.15, -0.1) is 0 Å². The van der Waals surface area contributed by atoms with Crippen molar-refractivity contribution in [2.24, 2.45) is 5.92 Å². The van der Waals surface area contributed by atoms with Crippen molar-refractivity contribution < 1.29 is 4.79 Å². The zero-order valence-electron chi connectivity index (χ0n) is 16.5. The molecular weight excluding hydrogens is 350 g/mol. The maximum Gasteiger partial charge on any atom is 0.272 e. The number of H-pyrrole nitrogens is 1. The topological polar surface area (TPSA) is 73.9 Å². The summed E-state index contributed by atoms with van der Waals surface area (Å²) in [6.07, 6.45) is 5.56. The van der Waals surface area contributed by atoms with Crippen LogP contribution in [0.1, 0.15) is 37.2 Å². The van der Waals surface area contributed by atoms with Crippen LogP contribution in [0, 0.1) is 5.92 Å². The summed E-state index contributed by atoms with van der Waals surface area (Å²) >= 11 is 0. The molecule has 28 heavy (non-hydrogen) atoms. The Balaban J connectivity index is 1.47. The number of piperidine rings is 1. The number of carbonyl (C=O) groups is 1. The number of carbonyl (C=O) groups excluding carboxylic acids is 1. The fourth-order valence-corrected chi connectivity index (χ4v) is 3.93. The van der Waals surface area contributed by atoms with Gasteiger partial charge in [-0.1, -0.05) is 26.0 Å². The first kappa shape index (κ1) is 18.6. The maximum absolute atomic E-state index is 12.9. The van der Waals surface area contributed by atoms with Crippen molar-refractivity contribution in [1.29, 1.82) is 0 Å². The second kappa shape index (κ2) is 8.10. The molecule has 0 spiro atoms. The predicted octanol–water partition coefficient (Wildman–Crippen LogP) is 3.48. The average molecular weight is 377 g/mol. The highest BCUT2D eigenvalue weighted by Gasteiger charge is 2.23. The number of benzene rings is 1. The number of amides is 1.